The van der Waals surface area contributed by atoms with Crippen molar-refractivity contribution in [1.82, 2.24) is 0 Å². The average molecular weight is 192 g/mol. The Bertz CT molecular complexity index is 327. The van der Waals surface area contributed by atoms with E-state index in [0.29, 0.717) is 12.5 Å². The van der Waals surface area contributed by atoms with Crippen LogP contribution in [0.3, 0.4) is 0 Å². The van der Waals surface area contributed by atoms with E-state index in [-0.39, 0.29) is 5.60 Å². The molecule has 1 aliphatic rings. The van der Waals surface area contributed by atoms with Gasteiger partial charge in [-0.1, -0.05) is 38.1 Å². The average Bonchev–Trinajstić information content (AvgIpc) is 2.14. The molecule has 0 aromatic heterocycles. The molecule has 2 heteroatoms. The zero-order valence-electron chi connectivity index (χ0n) is 8.91. The maximum absolute atomic E-state index is 5.20. The molecule has 1 atom stereocenters. The summed E-state index contributed by atoms with van der Waals surface area (Å²) in [4.78, 5) is 10.0. The third kappa shape index (κ3) is 1.45. The molecule has 1 unspecified atom stereocenters. The molecule has 1 fully saturated rings. The van der Waals surface area contributed by atoms with E-state index in [0.717, 1.165) is 0 Å². The molecule has 76 valence electrons. The second-order valence-corrected chi connectivity index (χ2v) is 4.32. The highest BCUT2D eigenvalue weighted by Crippen LogP contribution is 2.37. The Labute approximate surface area is 84.8 Å². The number of hydrogen-bond donors (Lipinski definition) is 0. The Morgan fingerprint density at radius 3 is 2.43 bits per heavy atom. The zero-order chi connectivity index (χ0) is 10.2. The fraction of sp³-hybridized carbons (Fsp3) is 0.500. The summed E-state index contributed by atoms with van der Waals surface area (Å²) in [7, 11) is 0. The first-order valence-electron chi connectivity index (χ1n) is 5.03. The van der Waals surface area contributed by atoms with Crippen LogP contribution in [-0.2, 0) is 15.4 Å². The summed E-state index contributed by atoms with van der Waals surface area (Å²) in [6.07, 6.45) is 0. The Kier molecular flexibility index (Phi) is 2.33. The summed E-state index contributed by atoms with van der Waals surface area (Å²) in [6.45, 7) is 7.11. The van der Waals surface area contributed by atoms with Crippen molar-refractivity contribution >= 4 is 0 Å². The minimum atomic E-state index is -0.235. The Hall–Kier alpha value is -0.860. The lowest BCUT2D eigenvalue weighted by molar-refractivity contribution is -0.474. The maximum Gasteiger partial charge on any atom is 0.152 e. The third-order valence-corrected chi connectivity index (χ3v) is 2.73. The van der Waals surface area contributed by atoms with Gasteiger partial charge in [0.2, 0.25) is 0 Å². The monoisotopic (exact) mass is 192 g/mol. The van der Waals surface area contributed by atoms with Gasteiger partial charge in [-0.25, -0.2) is 9.78 Å². The van der Waals surface area contributed by atoms with Crippen molar-refractivity contribution in [1.29, 1.82) is 0 Å². The first-order chi connectivity index (χ1) is 6.63. The Balaban J connectivity index is 2.41. The van der Waals surface area contributed by atoms with Crippen LogP contribution in [-0.4, -0.2) is 6.61 Å². The van der Waals surface area contributed by atoms with Gasteiger partial charge >= 0.3 is 0 Å². The van der Waals surface area contributed by atoms with Gasteiger partial charge in [-0.2, -0.15) is 0 Å². The third-order valence-electron chi connectivity index (χ3n) is 2.73. The number of benzene rings is 1. The summed E-state index contributed by atoms with van der Waals surface area (Å²) in [5.41, 5.74) is 2.36. The van der Waals surface area contributed by atoms with Gasteiger partial charge < -0.3 is 0 Å². The van der Waals surface area contributed by atoms with Gasteiger partial charge in [0.05, 0.1) is 0 Å². The Morgan fingerprint density at radius 1 is 1.29 bits per heavy atom. The van der Waals surface area contributed by atoms with Crippen LogP contribution in [0.5, 0.6) is 0 Å². The first-order valence-corrected chi connectivity index (χ1v) is 5.03. The van der Waals surface area contributed by atoms with Crippen LogP contribution >= 0.6 is 0 Å². The molecule has 0 aliphatic carbocycles. The largest absolute Gasteiger partial charge is 0.232 e. The van der Waals surface area contributed by atoms with Crippen molar-refractivity contribution in [2.24, 2.45) is 0 Å². The van der Waals surface area contributed by atoms with E-state index in [9.17, 15) is 0 Å². The Morgan fingerprint density at radius 2 is 1.93 bits per heavy atom. The topological polar surface area (TPSA) is 18.5 Å². The lowest BCUT2D eigenvalue weighted by atomic mass is 9.86. The zero-order valence-corrected chi connectivity index (χ0v) is 8.91. The summed E-state index contributed by atoms with van der Waals surface area (Å²) in [5, 5.41) is 0. The van der Waals surface area contributed by atoms with Crippen LogP contribution < -0.4 is 0 Å². The summed E-state index contributed by atoms with van der Waals surface area (Å²) in [5.74, 6) is 0.521. The van der Waals surface area contributed by atoms with Crippen LogP contribution in [0.25, 0.3) is 0 Å². The van der Waals surface area contributed by atoms with Crippen LogP contribution in [0, 0.1) is 0 Å². The van der Waals surface area contributed by atoms with Gasteiger partial charge in [0, 0.05) is 0 Å². The highest BCUT2D eigenvalue weighted by Gasteiger charge is 2.39. The molecular formula is C12H16O2. The SMILES string of the molecule is CC(C)c1ccccc1C1(C)COO1. The van der Waals surface area contributed by atoms with Crippen LogP contribution in [0.2, 0.25) is 0 Å². The van der Waals surface area contributed by atoms with Gasteiger partial charge in [0.15, 0.2) is 5.60 Å². The van der Waals surface area contributed by atoms with E-state index in [4.69, 9.17) is 9.78 Å². The quantitative estimate of drug-likeness (QED) is 0.671. The molecule has 0 bridgehead atoms. The van der Waals surface area contributed by atoms with Gasteiger partial charge in [-0.3, -0.25) is 0 Å². The molecule has 0 spiro atoms. The summed E-state index contributed by atoms with van der Waals surface area (Å²) >= 11 is 0. The lowest BCUT2D eigenvalue weighted by Gasteiger charge is -2.38. The maximum atomic E-state index is 5.20. The molecule has 2 rings (SSSR count). The molecule has 0 amide bonds. The van der Waals surface area contributed by atoms with Gasteiger partial charge in [0.1, 0.15) is 6.61 Å². The van der Waals surface area contributed by atoms with Gasteiger partial charge in [0.25, 0.3) is 0 Å². The van der Waals surface area contributed by atoms with E-state index in [1.807, 2.05) is 6.07 Å². The molecule has 0 saturated carbocycles. The number of rotatable bonds is 2. The van der Waals surface area contributed by atoms with E-state index in [1.165, 1.54) is 11.1 Å². The molecule has 0 N–H and O–H groups in total. The highest BCUT2D eigenvalue weighted by molar-refractivity contribution is 5.34. The molecule has 14 heavy (non-hydrogen) atoms. The lowest BCUT2D eigenvalue weighted by Crippen LogP contribution is -2.42. The highest BCUT2D eigenvalue weighted by atomic mass is 17.2. The predicted molar refractivity (Wildman–Crippen MR) is 54.9 cm³/mol. The molecule has 1 aromatic carbocycles. The van der Waals surface area contributed by atoms with Crippen molar-refractivity contribution in [3.63, 3.8) is 0 Å². The van der Waals surface area contributed by atoms with Crippen molar-refractivity contribution in [2.45, 2.75) is 32.3 Å². The van der Waals surface area contributed by atoms with Crippen LogP contribution in [0.4, 0.5) is 0 Å². The molecule has 2 nitrogen and oxygen atoms in total. The predicted octanol–water partition coefficient (Wildman–Crippen LogP) is 2.99. The second-order valence-electron chi connectivity index (χ2n) is 4.32. The molecule has 1 saturated heterocycles. The van der Waals surface area contributed by atoms with Crippen LogP contribution in [0.1, 0.15) is 37.8 Å². The van der Waals surface area contributed by atoms with Crippen molar-refractivity contribution in [2.75, 3.05) is 6.61 Å². The van der Waals surface area contributed by atoms with E-state index < -0.39 is 0 Å². The van der Waals surface area contributed by atoms with Crippen molar-refractivity contribution in [3.05, 3.63) is 35.4 Å². The van der Waals surface area contributed by atoms with Crippen LogP contribution in [0.15, 0.2) is 24.3 Å². The molecule has 0 radical (unpaired) electrons. The minimum Gasteiger partial charge on any atom is -0.232 e. The number of hydrogen-bond acceptors (Lipinski definition) is 2. The molecule has 1 aromatic rings. The first kappa shape index (κ1) is 9.69. The summed E-state index contributed by atoms with van der Waals surface area (Å²) in [6, 6.07) is 8.40. The fourth-order valence-electron chi connectivity index (χ4n) is 1.84. The van der Waals surface area contributed by atoms with E-state index in [2.05, 4.69) is 39.0 Å². The van der Waals surface area contributed by atoms with Crippen molar-refractivity contribution < 1.29 is 9.78 Å². The normalized spacial score (nSPS) is 26.3. The van der Waals surface area contributed by atoms with E-state index in [1.54, 1.807) is 0 Å². The fourth-order valence-corrected chi connectivity index (χ4v) is 1.84. The minimum absolute atomic E-state index is 0.235. The second kappa shape index (κ2) is 3.37. The van der Waals surface area contributed by atoms with Gasteiger partial charge in [-0.05, 0) is 24.0 Å². The smallest absolute Gasteiger partial charge is 0.152 e. The van der Waals surface area contributed by atoms with E-state index >= 15 is 0 Å². The molecular weight excluding hydrogens is 176 g/mol. The van der Waals surface area contributed by atoms with Crippen molar-refractivity contribution in [3.8, 4) is 0 Å². The summed E-state index contributed by atoms with van der Waals surface area (Å²) < 4.78 is 0. The molecule has 1 aliphatic heterocycles. The molecule has 1 heterocycles. The van der Waals surface area contributed by atoms with Gasteiger partial charge in [-0.15, -0.1) is 0 Å². The standard InChI is InChI=1S/C12H16O2/c1-9(2)10-6-4-5-7-11(10)12(3)8-13-14-12/h4-7,9H,8H2,1-3H3.